The van der Waals surface area contributed by atoms with Crippen LogP contribution in [0.4, 0.5) is 0 Å². The molecule has 0 radical (unpaired) electrons. The Hall–Kier alpha value is -0.240. The lowest BCUT2D eigenvalue weighted by Gasteiger charge is -2.10. The monoisotopic (exact) mass is 203 g/mol. The van der Waals surface area contributed by atoms with Crippen LogP contribution in [0.1, 0.15) is 39.0 Å². The molecule has 1 unspecified atom stereocenters. The first-order valence-corrected chi connectivity index (χ1v) is 5.53. The summed E-state index contributed by atoms with van der Waals surface area (Å²) in [6.07, 6.45) is 5.74. The second-order valence-electron chi connectivity index (χ2n) is 3.94. The predicted octanol–water partition coefficient (Wildman–Crippen LogP) is 2.31. The maximum Gasteiger partial charge on any atom is 0.220 e. The Labute approximate surface area is 85.0 Å². The van der Waals surface area contributed by atoms with Gasteiger partial charge in [0.1, 0.15) is 0 Å². The smallest absolute Gasteiger partial charge is 0.220 e. The number of carbonyl (C=O) groups excluding carboxylic acids is 1. The molecule has 0 spiro atoms. The van der Waals surface area contributed by atoms with Crippen molar-refractivity contribution in [3.8, 4) is 0 Å². The SMILES string of the molecule is CC(Cl)CNC(=O)CC1CCCC1. The number of carbonyl (C=O) groups is 1. The number of rotatable bonds is 4. The van der Waals surface area contributed by atoms with E-state index in [2.05, 4.69) is 5.32 Å². The molecule has 0 aliphatic heterocycles. The zero-order valence-corrected chi connectivity index (χ0v) is 8.94. The highest BCUT2D eigenvalue weighted by Crippen LogP contribution is 2.27. The molecule has 1 fully saturated rings. The van der Waals surface area contributed by atoms with E-state index in [0.29, 0.717) is 18.9 Å². The number of hydrogen-bond acceptors (Lipinski definition) is 1. The molecule has 3 heteroatoms. The van der Waals surface area contributed by atoms with Crippen LogP contribution < -0.4 is 5.32 Å². The van der Waals surface area contributed by atoms with E-state index in [1.165, 1.54) is 25.7 Å². The van der Waals surface area contributed by atoms with Gasteiger partial charge in [-0.2, -0.15) is 0 Å². The maximum atomic E-state index is 11.3. The van der Waals surface area contributed by atoms with Gasteiger partial charge in [0.2, 0.25) is 5.91 Å². The summed E-state index contributed by atoms with van der Waals surface area (Å²) in [4.78, 5) is 11.3. The summed E-state index contributed by atoms with van der Waals surface area (Å²) in [6, 6.07) is 0. The van der Waals surface area contributed by atoms with Crippen molar-refractivity contribution < 1.29 is 4.79 Å². The van der Waals surface area contributed by atoms with E-state index in [-0.39, 0.29) is 11.3 Å². The van der Waals surface area contributed by atoms with Crippen LogP contribution >= 0.6 is 11.6 Å². The molecule has 1 saturated carbocycles. The molecule has 1 aliphatic rings. The fourth-order valence-corrected chi connectivity index (χ4v) is 1.88. The van der Waals surface area contributed by atoms with Gasteiger partial charge < -0.3 is 5.32 Å². The Morgan fingerprint density at radius 3 is 2.69 bits per heavy atom. The van der Waals surface area contributed by atoms with Crippen molar-refractivity contribution in [1.29, 1.82) is 0 Å². The molecule has 2 nitrogen and oxygen atoms in total. The van der Waals surface area contributed by atoms with Gasteiger partial charge in [-0.1, -0.05) is 12.8 Å². The molecule has 0 saturated heterocycles. The van der Waals surface area contributed by atoms with Crippen LogP contribution in [-0.4, -0.2) is 17.8 Å². The molecular formula is C10H18ClNO. The van der Waals surface area contributed by atoms with Crippen molar-refractivity contribution in [3.05, 3.63) is 0 Å². The number of halogens is 1. The molecule has 0 aromatic rings. The maximum absolute atomic E-state index is 11.3. The van der Waals surface area contributed by atoms with Crippen LogP contribution in [0.25, 0.3) is 0 Å². The van der Waals surface area contributed by atoms with Crippen molar-refractivity contribution in [2.24, 2.45) is 5.92 Å². The Morgan fingerprint density at radius 2 is 2.15 bits per heavy atom. The van der Waals surface area contributed by atoms with E-state index >= 15 is 0 Å². The van der Waals surface area contributed by atoms with E-state index in [1.807, 2.05) is 6.92 Å². The second kappa shape index (κ2) is 5.48. The summed E-state index contributed by atoms with van der Waals surface area (Å²) in [5, 5.41) is 2.87. The van der Waals surface area contributed by atoms with Gasteiger partial charge in [0.25, 0.3) is 0 Å². The third-order valence-electron chi connectivity index (χ3n) is 2.53. The average molecular weight is 204 g/mol. The number of amides is 1. The molecule has 76 valence electrons. The van der Waals surface area contributed by atoms with Gasteiger partial charge in [0.05, 0.1) is 0 Å². The van der Waals surface area contributed by atoms with Crippen LogP contribution in [0, 0.1) is 5.92 Å². The first-order chi connectivity index (χ1) is 6.18. The van der Waals surface area contributed by atoms with Crippen LogP contribution in [0.5, 0.6) is 0 Å². The van der Waals surface area contributed by atoms with Crippen molar-refractivity contribution in [2.45, 2.75) is 44.4 Å². The van der Waals surface area contributed by atoms with Gasteiger partial charge in [-0.05, 0) is 25.7 Å². The van der Waals surface area contributed by atoms with Gasteiger partial charge in [-0.25, -0.2) is 0 Å². The fraction of sp³-hybridized carbons (Fsp3) is 0.900. The topological polar surface area (TPSA) is 29.1 Å². The summed E-state index contributed by atoms with van der Waals surface area (Å²) in [6.45, 7) is 2.48. The predicted molar refractivity (Wildman–Crippen MR) is 54.9 cm³/mol. The third kappa shape index (κ3) is 4.51. The summed E-state index contributed by atoms with van der Waals surface area (Å²) in [5.41, 5.74) is 0. The third-order valence-corrected chi connectivity index (χ3v) is 2.68. The fourth-order valence-electron chi connectivity index (χ4n) is 1.80. The van der Waals surface area contributed by atoms with Crippen LogP contribution in [0.3, 0.4) is 0 Å². The Balaban J connectivity index is 2.09. The lowest BCUT2D eigenvalue weighted by molar-refractivity contribution is -0.121. The van der Waals surface area contributed by atoms with Crippen molar-refractivity contribution in [1.82, 2.24) is 5.32 Å². The minimum absolute atomic E-state index is 0.0347. The second-order valence-corrected chi connectivity index (χ2v) is 4.68. The highest BCUT2D eigenvalue weighted by molar-refractivity contribution is 6.20. The normalized spacial score (nSPS) is 20.2. The molecule has 1 aliphatic carbocycles. The molecule has 0 aromatic carbocycles. The zero-order chi connectivity index (χ0) is 9.68. The summed E-state index contributed by atoms with van der Waals surface area (Å²) in [7, 11) is 0. The zero-order valence-electron chi connectivity index (χ0n) is 8.18. The molecule has 1 rings (SSSR count). The molecular weight excluding hydrogens is 186 g/mol. The van der Waals surface area contributed by atoms with Gasteiger partial charge in [0, 0.05) is 18.3 Å². The number of nitrogens with one attached hydrogen (secondary N) is 1. The highest BCUT2D eigenvalue weighted by atomic mass is 35.5. The lowest BCUT2D eigenvalue weighted by Crippen LogP contribution is -2.29. The van der Waals surface area contributed by atoms with E-state index in [0.717, 1.165) is 0 Å². The van der Waals surface area contributed by atoms with E-state index in [4.69, 9.17) is 11.6 Å². The Morgan fingerprint density at radius 1 is 1.54 bits per heavy atom. The van der Waals surface area contributed by atoms with Gasteiger partial charge in [0.15, 0.2) is 0 Å². The van der Waals surface area contributed by atoms with Crippen LogP contribution in [0.2, 0.25) is 0 Å². The van der Waals surface area contributed by atoms with Crippen molar-refractivity contribution in [3.63, 3.8) is 0 Å². The molecule has 1 atom stereocenters. The highest BCUT2D eigenvalue weighted by Gasteiger charge is 2.18. The van der Waals surface area contributed by atoms with Crippen LogP contribution in [0.15, 0.2) is 0 Å². The van der Waals surface area contributed by atoms with E-state index < -0.39 is 0 Å². The first-order valence-electron chi connectivity index (χ1n) is 5.09. The van der Waals surface area contributed by atoms with E-state index in [1.54, 1.807) is 0 Å². The van der Waals surface area contributed by atoms with Crippen molar-refractivity contribution >= 4 is 17.5 Å². The van der Waals surface area contributed by atoms with E-state index in [9.17, 15) is 4.79 Å². The molecule has 1 N–H and O–H groups in total. The number of alkyl halides is 1. The van der Waals surface area contributed by atoms with Crippen molar-refractivity contribution in [2.75, 3.05) is 6.54 Å². The Kier molecular flexibility index (Phi) is 4.57. The molecule has 1 amide bonds. The van der Waals surface area contributed by atoms with Crippen LogP contribution in [-0.2, 0) is 4.79 Å². The molecule has 0 aromatic heterocycles. The minimum atomic E-state index is 0.0347. The average Bonchev–Trinajstić information content (AvgIpc) is 2.53. The minimum Gasteiger partial charge on any atom is -0.355 e. The molecule has 0 heterocycles. The van der Waals surface area contributed by atoms with Gasteiger partial charge >= 0.3 is 0 Å². The summed E-state index contributed by atoms with van der Waals surface area (Å²) in [5.74, 6) is 0.796. The quantitative estimate of drug-likeness (QED) is 0.699. The number of hydrogen-bond donors (Lipinski definition) is 1. The molecule has 0 bridgehead atoms. The summed E-state index contributed by atoms with van der Waals surface area (Å²) < 4.78 is 0. The van der Waals surface area contributed by atoms with Gasteiger partial charge in [-0.15, -0.1) is 11.6 Å². The summed E-state index contributed by atoms with van der Waals surface area (Å²) >= 11 is 5.72. The van der Waals surface area contributed by atoms with Gasteiger partial charge in [-0.3, -0.25) is 4.79 Å². The first kappa shape index (κ1) is 10.8. The standard InChI is InChI=1S/C10H18ClNO/c1-8(11)7-12-10(13)6-9-4-2-3-5-9/h8-9H,2-7H2,1H3,(H,12,13). The lowest BCUT2D eigenvalue weighted by atomic mass is 10.0. The Bertz CT molecular complexity index is 164. The molecule has 13 heavy (non-hydrogen) atoms. The largest absolute Gasteiger partial charge is 0.355 e.